The van der Waals surface area contributed by atoms with E-state index in [1.54, 1.807) is 0 Å². The average molecular weight is 1650 g/mol. The molecule has 0 saturated carbocycles. The van der Waals surface area contributed by atoms with Crippen molar-refractivity contribution in [1.29, 1.82) is 0 Å². The number of para-hydroxylation sites is 4. The maximum absolute atomic E-state index is 6.38. The van der Waals surface area contributed by atoms with Gasteiger partial charge in [-0.05, 0) is 285 Å². The van der Waals surface area contributed by atoms with E-state index in [1.807, 2.05) is 0 Å². The van der Waals surface area contributed by atoms with E-state index in [0.717, 1.165) is 83.6 Å². The van der Waals surface area contributed by atoms with Gasteiger partial charge in [0.15, 0.2) is 0 Å². The SMILES string of the molecule is CC1(C)c2ccccc2-c2ccc(N(c3ccccc3)c3cccc(-c4cccc(N(c5ccccc5)c5ccc6c(c5)C(C)(C)c5ccccc5-6)c4)c3)cc21.CC1(C)c2ccccc2-c2ccc(N(c3ccccc3)c3cccc(B4OC(C)(C)C(C)(C)O4)c3)cc21.CC1(C)c2ccccc2-c2ccc(N(c3ccccc3)c3cccc(Br)c3)cc21. The van der Waals surface area contributed by atoms with Crippen LogP contribution in [-0.4, -0.2) is 18.3 Å². The van der Waals surface area contributed by atoms with Crippen LogP contribution in [0.2, 0.25) is 0 Å². The van der Waals surface area contributed by atoms with Gasteiger partial charge >= 0.3 is 7.12 Å². The highest BCUT2D eigenvalue weighted by atomic mass is 79.9. The number of halogens is 1. The molecule has 0 atom stereocenters. The van der Waals surface area contributed by atoms with E-state index < -0.39 is 7.12 Å². The summed E-state index contributed by atoms with van der Waals surface area (Å²) in [5.41, 5.74) is 37.6. The van der Waals surface area contributed by atoms with Crippen molar-refractivity contribution < 1.29 is 9.31 Å². The maximum Gasteiger partial charge on any atom is 0.494 e. The largest absolute Gasteiger partial charge is 0.494 e. The van der Waals surface area contributed by atoms with Crippen molar-refractivity contribution in [1.82, 2.24) is 0 Å². The second-order valence-corrected chi connectivity index (χ2v) is 37.0. The fraction of sp³-hybridized carbons (Fsp3) is 0.158. The number of fused-ring (bicyclic) bond motifs is 12. The molecule has 598 valence electrons. The Kier molecular flexibility index (Phi) is 20.1. The quantitative estimate of drug-likeness (QED) is 0.101. The van der Waals surface area contributed by atoms with Crippen molar-refractivity contribution in [2.75, 3.05) is 19.6 Å². The first-order valence-electron chi connectivity index (χ1n) is 42.7. The van der Waals surface area contributed by atoms with Gasteiger partial charge in [0.2, 0.25) is 0 Å². The van der Waals surface area contributed by atoms with Crippen LogP contribution in [0.15, 0.2) is 393 Å². The van der Waals surface area contributed by atoms with Gasteiger partial charge in [-0.15, -0.1) is 0 Å². The Labute approximate surface area is 729 Å². The number of anilines is 12. The summed E-state index contributed by atoms with van der Waals surface area (Å²) in [4.78, 5) is 9.44. The van der Waals surface area contributed by atoms with Crippen LogP contribution in [-0.2, 0) is 31.0 Å². The number of hydrogen-bond acceptors (Lipinski definition) is 6. The molecular weight excluding hydrogens is 1550 g/mol. The Morgan fingerprint density at radius 3 is 0.721 bits per heavy atom. The van der Waals surface area contributed by atoms with Gasteiger partial charge in [-0.1, -0.05) is 308 Å². The molecule has 0 unspecified atom stereocenters. The summed E-state index contributed by atoms with van der Waals surface area (Å²) in [6.45, 7) is 27.1. The molecule has 8 heteroatoms. The first kappa shape index (κ1) is 79.0. The van der Waals surface area contributed by atoms with Gasteiger partial charge < -0.3 is 28.9 Å². The third kappa shape index (κ3) is 14.0. The van der Waals surface area contributed by atoms with Crippen LogP contribution in [0.3, 0.4) is 0 Å². The number of benzene rings is 16. The number of rotatable bonds is 14. The lowest BCUT2D eigenvalue weighted by molar-refractivity contribution is 0.00578. The molecule has 0 amide bonds. The second-order valence-electron chi connectivity index (χ2n) is 36.0. The van der Waals surface area contributed by atoms with Gasteiger partial charge in [0.25, 0.3) is 0 Å². The zero-order valence-corrected chi connectivity index (χ0v) is 73.1. The van der Waals surface area contributed by atoms with Crippen LogP contribution in [0.1, 0.15) is 128 Å². The molecule has 0 N–H and O–H groups in total. The van der Waals surface area contributed by atoms with Gasteiger partial charge in [0, 0.05) is 94.4 Å². The lowest BCUT2D eigenvalue weighted by Crippen LogP contribution is -2.41. The fourth-order valence-electron chi connectivity index (χ4n) is 19.5. The van der Waals surface area contributed by atoms with E-state index in [2.05, 4.69) is 507 Å². The summed E-state index contributed by atoms with van der Waals surface area (Å²) in [6, 6.07) is 141. The molecule has 0 spiro atoms. The zero-order valence-electron chi connectivity index (χ0n) is 71.5. The Morgan fingerprint density at radius 1 is 0.197 bits per heavy atom. The normalized spacial score (nSPS) is 15.2. The molecule has 122 heavy (non-hydrogen) atoms. The molecule has 1 saturated heterocycles. The Bertz CT molecular complexity index is 6440. The van der Waals surface area contributed by atoms with E-state index in [1.165, 1.54) is 94.7 Å². The third-order valence-electron chi connectivity index (χ3n) is 26.6. The first-order chi connectivity index (χ1) is 58.9. The number of hydrogen-bond donors (Lipinski definition) is 0. The van der Waals surface area contributed by atoms with Gasteiger partial charge in [0.1, 0.15) is 0 Å². The summed E-state index contributed by atoms with van der Waals surface area (Å²) in [6.07, 6.45) is 0. The molecule has 1 fully saturated rings. The minimum atomic E-state index is -0.406. The van der Waals surface area contributed by atoms with E-state index in [0.29, 0.717) is 0 Å². The first-order valence-corrected chi connectivity index (χ1v) is 43.5. The maximum atomic E-state index is 6.38. The summed E-state index contributed by atoms with van der Waals surface area (Å²) in [5, 5.41) is 0. The van der Waals surface area contributed by atoms with E-state index in [-0.39, 0.29) is 32.9 Å². The highest BCUT2D eigenvalue weighted by Gasteiger charge is 2.52. The molecule has 21 rings (SSSR count). The standard InChI is InChI=1S/C54H44N2.C33H34BNO2.C27H22BrN/c1-53(2)49-27-13-11-25-45(49)47-31-29-43(35-51(47)53)55(39-19-7-5-8-20-39)41-23-15-17-37(33-41)38-18-16-24-42(34-38)56(40-21-9-6-10-22-40)44-30-32-48-46-26-12-14-28-50(46)54(3,4)52(48)36-44;1-31(2)29-18-11-10-17-27(29)28-20-19-26(22-30(28)31)35(24-14-8-7-9-15-24)25-16-12-13-23(21-25)34-36-32(3,4)33(5,6)37-34;1-27(2)25-14-7-6-13-23(25)24-16-15-22(18-26(24)27)29(20-10-4-3-5-11-20)21-12-8-9-19(28)17-21/h5-36H,1-4H3;7-22H,1-6H3;3-18H,1-2H3. The van der Waals surface area contributed by atoms with Crippen molar-refractivity contribution in [2.24, 2.45) is 0 Å². The molecule has 6 nitrogen and oxygen atoms in total. The monoisotopic (exact) mass is 1650 g/mol. The van der Waals surface area contributed by atoms with Crippen molar-refractivity contribution >= 4 is 96.8 Å². The molecular formula is C114H100BBrN4O2. The summed E-state index contributed by atoms with van der Waals surface area (Å²) >= 11 is 3.64. The van der Waals surface area contributed by atoms with Crippen LogP contribution < -0.4 is 25.1 Å². The van der Waals surface area contributed by atoms with Crippen molar-refractivity contribution in [3.8, 4) is 55.6 Å². The van der Waals surface area contributed by atoms with Crippen molar-refractivity contribution in [3.05, 3.63) is 437 Å². The predicted molar refractivity (Wildman–Crippen MR) is 517 cm³/mol. The lowest BCUT2D eigenvalue weighted by atomic mass is 9.79. The van der Waals surface area contributed by atoms with Crippen LogP contribution in [0, 0.1) is 0 Å². The van der Waals surface area contributed by atoms with Crippen LogP contribution in [0.5, 0.6) is 0 Å². The van der Waals surface area contributed by atoms with Gasteiger partial charge in [-0.3, -0.25) is 0 Å². The van der Waals surface area contributed by atoms with Crippen molar-refractivity contribution in [2.45, 2.75) is 116 Å². The van der Waals surface area contributed by atoms with E-state index in [9.17, 15) is 0 Å². The average Bonchev–Trinajstić information content (AvgIpc) is 1.60. The van der Waals surface area contributed by atoms with Gasteiger partial charge in [0.05, 0.1) is 11.2 Å². The predicted octanol–water partition coefficient (Wildman–Crippen LogP) is 30.9. The van der Waals surface area contributed by atoms with Gasteiger partial charge in [-0.2, -0.15) is 0 Å². The lowest BCUT2D eigenvalue weighted by Gasteiger charge is -2.32. The topological polar surface area (TPSA) is 31.4 Å². The van der Waals surface area contributed by atoms with E-state index in [4.69, 9.17) is 9.31 Å². The molecule has 5 aliphatic rings. The molecule has 16 aromatic carbocycles. The van der Waals surface area contributed by atoms with Crippen LogP contribution in [0.25, 0.3) is 55.6 Å². The molecule has 0 aromatic heterocycles. The third-order valence-corrected chi connectivity index (χ3v) is 27.1. The fourth-order valence-corrected chi connectivity index (χ4v) is 19.9. The smallest absolute Gasteiger partial charge is 0.399 e. The Morgan fingerprint density at radius 2 is 0.426 bits per heavy atom. The van der Waals surface area contributed by atoms with Crippen LogP contribution in [0.4, 0.5) is 68.2 Å². The number of nitrogens with zero attached hydrogens (tertiary/aromatic N) is 4. The summed E-state index contributed by atoms with van der Waals surface area (Å²) in [5.74, 6) is 0. The van der Waals surface area contributed by atoms with Gasteiger partial charge in [-0.25, -0.2) is 0 Å². The highest BCUT2D eigenvalue weighted by molar-refractivity contribution is 9.10. The zero-order chi connectivity index (χ0) is 84.0. The van der Waals surface area contributed by atoms with Crippen molar-refractivity contribution in [3.63, 3.8) is 0 Å². The van der Waals surface area contributed by atoms with Crippen LogP contribution >= 0.6 is 15.9 Å². The summed E-state index contributed by atoms with van der Waals surface area (Å²) < 4.78 is 13.8. The second kappa shape index (κ2) is 31.0. The highest BCUT2D eigenvalue weighted by Crippen LogP contribution is 2.56. The molecule has 1 heterocycles. The Balaban J connectivity index is 0.000000128. The minimum absolute atomic E-state index is 0.0123. The molecule has 4 aliphatic carbocycles. The van der Waals surface area contributed by atoms with E-state index >= 15 is 0 Å². The minimum Gasteiger partial charge on any atom is -0.399 e. The molecule has 0 radical (unpaired) electrons. The molecule has 1 aliphatic heterocycles. The summed E-state index contributed by atoms with van der Waals surface area (Å²) in [7, 11) is -0.406. The molecule has 0 bridgehead atoms. The molecule has 16 aromatic rings. The Hall–Kier alpha value is -12.8.